The Morgan fingerprint density at radius 3 is 2.18 bits per heavy atom. The predicted molar refractivity (Wildman–Crippen MR) is 191 cm³/mol. The van der Waals surface area contributed by atoms with Crippen molar-refractivity contribution < 1.29 is 9.15 Å². The third-order valence-electron chi connectivity index (χ3n) is 8.66. The van der Waals surface area contributed by atoms with Gasteiger partial charge in [0.1, 0.15) is 6.10 Å². The second-order valence-electron chi connectivity index (χ2n) is 12.9. The van der Waals surface area contributed by atoms with Crippen LogP contribution in [0.5, 0.6) is 0 Å². The number of fused-ring (bicyclic) bond motifs is 3. The molecule has 1 unspecified atom stereocenters. The molecule has 5 aromatic rings. The van der Waals surface area contributed by atoms with Crippen LogP contribution in [0.1, 0.15) is 89.0 Å². The van der Waals surface area contributed by atoms with E-state index in [2.05, 4.69) is 143 Å². The number of halogens is 2. The van der Waals surface area contributed by atoms with E-state index in [1.54, 1.807) is 0 Å². The number of aromatic nitrogens is 2. The topological polar surface area (TPSA) is 48.2 Å². The molecule has 0 spiro atoms. The highest BCUT2D eigenvalue weighted by Crippen LogP contribution is 2.54. The number of hydrogen-bond donors (Lipinski definition) is 0. The van der Waals surface area contributed by atoms with E-state index in [1.165, 1.54) is 43.2 Å². The van der Waals surface area contributed by atoms with E-state index in [1.807, 2.05) is 6.07 Å². The predicted octanol–water partition coefficient (Wildman–Crippen LogP) is 12.3. The summed E-state index contributed by atoms with van der Waals surface area (Å²) in [5, 5.41) is 9.19. The minimum absolute atomic E-state index is 0.0658. The van der Waals surface area contributed by atoms with Crippen LogP contribution >= 0.6 is 31.9 Å². The fourth-order valence-electron chi connectivity index (χ4n) is 6.17. The molecule has 45 heavy (non-hydrogen) atoms. The van der Waals surface area contributed by atoms with Crippen LogP contribution in [0.2, 0.25) is 0 Å². The molecular weight excluding hydrogens is 688 g/mol. The SMILES string of the molecule is CCCCCCCCOC1c2cc(Br)ccc2-c2cc(-c3ccccc3)c(Br)c(-c3nnc(-c4ccc(C(C)(C)C)cc4)o3)c21. The molecule has 1 aliphatic rings. The number of rotatable bonds is 11. The summed E-state index contributed by atoms with van der Waals surface area (Å²) in [4.78, 5) is 0. The van der Waals surface area contributed by atoms with Crippen LogP contribution in [0.4, 0.5) is 0 Å². The maximum atomic E-state index is 6.79. The maximum Gasteiger partial charge on any atom is 0.249 e. The van der Waals surface area contributed by atoms with E-state index in [0.29, 0.717) is 18.4 Å². The van der Waals surface area contributed by atoms with E-state index in [4.69, 9.17) is 9.15 Å². The Bertz CT molecular complexity index is 1770. The van der Waals surface area contributed by atoms with Crippen molar-refractivity contribution in [1.82, 2.24) is 10.2 Å². The van der Waals surface area contributed by atoms with Crippen molar-refractivity contribution in [2.75, 3.05) is 6.61 Å². The molecule has 1 aromatic heterocycles. The van der Waals surface area contributed by atoms with E-state index < -0.39 is 0 Å². The minimum Gasteiger partial charge on any atom is -0.416 e. The van der Waals surface area contributed by atoms with Crippen LogP contribution in [0.15, 0.2) is 92.2 Å². The second kappa shape index (κ2) is 13.7. The zero-order chi connectivity index (χ0) is 31.6. The van der Waals surface area contributed by atoms with Crippen molar-refractivity contribution in [2.24, 2.45) is 0 Å². The van der Waals surface area contributed by atoms with Gasteiger partial charge in [0.2, 0.25) is 11.8 Å². The molecule has 1 heterocycles. The molecule has 0 saturated heterocycles. The quantitative estimate of drug-likeness (QED) is 0.127. The molecule has 0 amide bonds. The molecule has 1 aliphatic carbocycles. The zero-order valence-electron chi connectivity index (χ0n) is 26.5. The van der Waals surface area contributed by atoms with E-state index in [-0.39, 0.29) is 11.5 Å². The lowest BCUT2D eigenvalue weighted by atomic mass is 9.87. The molecule has 0 aliphatic heterocycles. The summed E-state index contributed by atoms with van der Waals surface area (Å²) in [5.74, 6) is 0.977. The first-order valence-corrected chi connectivity index (χ1v) is 17.6. The molecule has 1 atom stereocenters. The molecule has 4 nitrogen and oxygen atoms in total. The molecule has 6 heteroatoms. The highest BCUT2D eigenvalue weighted by atomic mass is 79.9. The van der Waals surface area contributed by atoms with Crippen LogP contribution in [0.25, 0.3) is 45.2 Å². The Kier molecular flexibility index (Phi) is 9.74. The normalized spacial score (nSPS) is 14.0. The summed E-state index contributed by atoms with van der Waals surface area (Å²) in [7, 11) is 0. The first kappa shape index (κ1) is 31.9. The first-order valence-electron chi connectivity index (χ1n) is 16.0. The largest absolute Gasteiger partial charge is 0.416 e. The van der Waals surface area contributed by atoms with Gasteiger partial charge in [-0.05, 0) is 91.5 Å². The van der Waals surface area contributed by atoms with Crippen molar-refractivity contribution >= 4 is 31.9 Å². The molecule has 0 fully saturated rings. The second-order valence-corrected chi connectivity index (χ2v) is 14.6. The summed E-state index contributed by atoms with van der Waals surface area (Å²) in [5.41, 5.74) is 9.83. The van der Waals surface area contributed by atoms with Gasteiger partial charge in [0, 0.05) is 26.7 Å². The van der Waals surface area contributed by atoms with E-state index in [9.17, 15) is 0 Å². The number of unbranched alkanes of at least 4 members (excludes halogenated alkanes) is 5. The van der Waals surface area contributed by atoms with Gasteiger partial charge in [-0.1, -0.05) is 124 Å². The monoisotopic (exact) mass is 726 g/mol. The third-order valence-corrected chi connectivity index (χ3v) is 9.97. The average Bonchev–Trinajstić information content (AvgIpc) is 3.63. The lowest BCUT2D eigenvalue weighted by Crippen LogP contribution is -2.10. The van der Waals surface area contributed by atoms with Crippen LogP contribution in [0.3, 0.4) is 0 Å². The van der Waals surface area contributed by atoms with Crippen molar-refractivity contribution in [2.45, 2.75) is 77.7 Å². The third kappa shape index (κ3) is 6.74. The fraction of sp³-hybridized carbons (Fsp3) is 0.333. The lowest BCUT2D eigenvalue weighted by molar-refractivity contribution is 0.0798. The molecule has 0 bridgehead atoms. The Labute approximate surface area is 283 Å². The number of benzene rings is 4. The number of hydrogen-bond acceptors (Lipinski definition) is 4. The zero-order valence-corrected chi connectivity index (χ0v) is 29.7. The Balaban J connectivity index is 1.45. The number of nitrogens with zero attached hydrogens (tertiary/aromatic N) is 2. The molecular formula is C39H40Br2N2O2. The van der Waals surface area contributed by atoms with Gasteiger partial charge in [0.25, 0.3) is 0 Å². The molecule has 0 radical (unpaired) electrons. The number of ether oxygens (including phenoxy) is 1. The molecule has 0 N–H and O–H groups in total. The van der Waals surface area contributed by atoms with Gasteiger partial charge in [-0.2, -0.15) is 0 Å². The molecule has 232 valence electrons. The summed E-state index contributed by atoms with van der Waals surface area (Å²) in [6.45, 7) is 9.59. The Hall–Kier alpha value is -3.06. The van der Waals surface area contributed by atoms with Gasteiger partial charge in [-0.3, -0.25) is 0 Å². The van der Waals surface area contributed by atoms with Crippen LogP contribution < -0.4 is 0 Å². The van der Waals surface area contributed by atoms with E-state index >= 15 is 0 Å². The Morgan fingerprint density at radius 1 is 0.733 bits per heavy atom. The molecule has 0 saturated carbocycles. The van der Waals surface area contributed by atoms with Crippen molar-refractivity contribution in [3.8, 4) is 45.2 Å². The summed E-state index contributed by atoms with van der Waals surface area (Å²) in [6, 6.07) is 27.6. The van der Waals surface area contributed by atoms with Crippen molar-refractivity contribution in [3.05, 3.63) is 104 Å². The smallest absolute Gasteiger partial charge is 0.249 e. The Morgan fingerprint density at radius 2 is 1.44 bits per heavy atom. The first-order chi connectivity index (χ1) is 21.8. The van der Waals surface area contributed by atoms with Gasteiger partial charge in [-0.15, -0.1) is 10.2 Å². The van der Waals surface area contributed by atoms with Crippen molar-refractivity contribution in [3.63, 3.8) is 0 Å². The highest BCUT2D eigenvalue weighted by Gasteiger charge is 2.36. The summed E-state index contributed by atoms with van der Waals surface area (Å²) in [6.07, 6.45) is 7.05. The maximum absolute atomic E-state index is 6.79. The van der Waals surface area contributed by atoms with Crippen LogP contribution in [-0.2, 0) is 10.2 Å². The summed E-state index contributed by atoms with van der Waals surface area (Å²) < 4.78 is 15.3. The van der Waals surface area contributed by atoms with Gasteiger partial charge >= 0.3 is 0 Å². The van der Waals surface area contributed by atoms with Crippen molar-refractivity contribution in [1.29, 1.82) is 0 Å². The standard InChI is InChI=1S/C39H40Br2N2O2/c1-5-6-7-8-9-13-22-44-36-32-23-28(40)20-21-29(32)31-24-30(25-14-11-10-12-15-25)35(41)34(33(31)36)38-43-42-37(45-38)26-16-18-27(19-17-26)39(2,3)4/h10-12,14-21,23-24,36H,5-9,13,22H2,1-4H3. The highest BCUT2D eigenvalue weighted by molar-refractivity contribution is 9.11. The van der Waals surface area contributed by atoms with Gasteiger partial charge in [-0.25, -0.2) is 0 Å². The van der Waals surface area contributed by atoms with Gasteiger partial charge < -0.3 is 9.15 Å². The molecule has 4 aromatic carbocycles. The van der Waals surface area contributed by atoms with E-state index in [0.717, 1.165) is 54.3 Å². The van der Waals surface area contributed by atoms with Crippen LogP contribution in [-0.4, -0.2) is 16.8 Å². The minimum atomic E-state index is -0.249. The van der Waals surface area contributed by atoms with Gasteiger partial charge in [0.05, 0.1) is 5.56 Å². The summed E-state index contributed by atoms with van der Waals surface area (Å²) >= 11 is 7.74. The lowest BCUT2D eigenvalue weighted by Gasteiger charge is -2.20. The fourth-order valence-corrected chi connectivity index (χ4v) is 7.27. The van der Waals surface area contributed by atoms with Crippen LogP contribution in [0, 0.1) is 0 Å². The van der Waals surface area contributed by atoms with Gasteiger partial charge in [0.15, 0.2) is 0 Å². The molecule has 6 rings (SSSR count). The average molecular weight is 729 g/mol.